The van der Waals surface area contributed by atoms with Crippen LogP contribution < -0.4 is 0 Å². The molecule has 680 valence electrons. The van der Waals surface area contributed by atoms with Gasteiger partial charge in [-0.25, -0.2) is 33.7 Å². The van der Waals surface area contributed by atoms with E-state index in [1.807, 2.05) is 0 Å². The van der Waals surface area contributed by atoms with Crippen molar-refractivity contribution >= 4 is 103 Å². The minimum Gasteiger partial charge on any atom is -0.224 e. The zero-order chi connectivity index (χ0) is 93.9. The molecular formula is C95H82F18O8S8+4. The summed E-state index contributed by atoms with van der Waals surface area (Å²) in [6.07, 6.45) is -19.5. The van der Waals surface area contributed by atoms with Crippen molar-refractivity contribution in [3.8, 4) is 4.90 Å². The zero-order valence-electron chi connectivity index (χ0n) is 69.0. The largest absolute Gasteiger partial charge is 0.421 e. The van der Waals surface area contributed by atoms with E-state index in [1.165, 1.54) is 85.8 Å². The fourth-order valence-corrected chi connectivity index (χ4v) is 30.5. The molecule has 0 amide bonds. The Labute approximate surface area is 746 Å². The van der Waals surface area contributed by atoms with Crippen LogP contribution in [-0.4, -0.2) is 56.7 Å². The fourth-order valence-electron chi connectivity index (χ4n) is 15.5. The van der Waals surface area contributed by atoms with Gasteiger partial charge >= 0.3 is 37.1 Å². The summed E-state index contributed by atoms with van der Waals surface area (Å²) in [5, 5.41) is -0.245. The van der Waals surface area contributed by atoms with Gasteiger partial charge in [0.1, 0.15) is 60.5 Å². The Kier molecular flexibility index (Phi) is 29.8. The lowest BCUT2D eigenvalue weighted by atomic mass is 10.0. The van der Waals surface area contributed by atoms with Crippen molar-refractivity contribution in [3.63, 3.8) is 0 Å². The summed E-state index contributed by atoms with van der Waals surface area (Å²) in [5.41, 5.74) is -5.33. The number of hydrogen-bond acceptors (Lipinski definition) is 8. The first-order chi connectivity index (χ1) is 60.4. The van der Waals surface area contributed by atoms with Gasteiger partial charge in [0.25, 0.3) is 0 Å². The number of hydrogen-bond donors (Lipinski definition) is 0. The number of benzene rings is 12. The number of halogens is 18. The summed E-state index contributed by atoms with van der Waals surface area (Å²) < 4.78 is 351. The first kappa shape index (κ1) is 98.5. The standard InChI is InChI=1S/C32H36F3O4S3.C22H20F3O4S3.C21H15F6S.C20H11F6S/c1-23-21-27(41(36,37)25-13-7-3-8-14-25)17-19-30(23)40(24-11-5-2-6-12-24)31-20-18-28(22-29(31)32(33,34)35)42(38,39)26-15-9-4-10-16-26;1-15-13-17(31(2,26)27)9-11-20(15)30(16-7-5-4-6-8-16)21-12-10-18(32(3,28)29)14-19(21)22(23,24)25;1-14-12-15(20(22,23)24)13-18(21(25,26)27)19(14)28(16-8-4-2-5-9-16)17-10-6-3-7-11-17;21-19(22,23)14-8-2-4-11-17(14)27-16-10-3-1-6-12(16)13-7-5-9-15(18(13)27)20(24,25)26/h2,5-6,11-12,17-22,25-26H,3-4,7-10,13-16H2,1H3;4-14H,1-3H3;2-13H,1H3;1-11H/q4*+1. The topological polar surface area (TPSA) is 137 Å². The maximum Gasteiger partial charge on any atom is 0.421 e. The lowest BCUT2D eigenvalue weighted by molar-refractivity contribution is -0.145. The van der Waals surface area contributed by atoms with Crippen molar-refractivity contribution in [2.24, 2.45) is 0 Å². The van der Waals surface area contributed by atoms with Crippen LogP contribution in [0.15, 0.2) is 337 Å². The molecule has 129 heavy (non-hydrogen) atoms. The Morgan fingerprint density at radius 2 is 0.620 bits per heavy atom. The van der Waals surface area contributed by atoms with Gasteiger partial charge in [-0.05, 0) is 216 Å². The van der Waals surface area contributed by atoms with Crippen LogP contribution in [0, 0.1) is 20.8 Å². The van der Waals surface area contributed by atoms with E-state index in [2.05, 4.69) is 0 Å². The normalized spacial score (nSPS) is 15.0. The lowest BCUT2D eigenvalue weighted by Crippen LogP contribution is -2.25. The molecule has 15 rings (SSSR count). The quantitative estimate of drug-likeness (QED) is 0.0689. The van der Waals surface area contributed by atoms with Crippen molar-refractivity contribution < 1.29 is 113 Å². The molecule has 2 aliphatic rings. The Bertz CT molecular complexity index is 6660. The van der Waals surface area contributed by atoms with Gasteiger partial charge in [0, 0.05) is 50.4 Å². The van der Waals surface area contributed by atoms with Crippen LogP contribution in [0.5, 0.6) is 0 Å². The van der Waals surface area contributed by atoms with E-state index in [1.54, 1.807) is 172 Å². The molecule has 34 heteroatoms. The molecule has 0 spiro atoms. The number of rotatable bonds is 16. The van der Waals surface area contributed by atoms with E-state index < -0.39 is 168 Å². The fraction of sp³-hybridized carbons (Fsp3) is 0.242. The van der Waals surface area contributed by atoms with Crippen molar-refractivity contribution in [1.29, 1.82) is 0 Å². The average Bonchev–Trinajstić information content (AvgIpc) is 1.50. The zero-order valence-corrected chi connectivity index (χ0v) is 75.6. The average molecular weight is 1950 g/mol. The lowest BCUT2D eigenvalue weighted by Gasteiger charge is -2.23. The van der Waals surface area contributed by atoms with Gasteiger partial charge in [-0.15, -0.1) is 0 Å². The van der Waals surface area contributed by atoms with E-state index in [0.717, 1.165) is 75.3 Å². The van der Waals surface area contributed by atoms with Crippen molar-refractivity contribution in [2.45, 2.75) is 196 Å². The van der Waals surface area contributed by atoms with E-state index in [4.69, 9.17) is 0 Å². The third kappa shape index (κ3) is 22.6. The molecule has 2 aliphatic carbocycles. The van der Waals surface area contributed by atoms with E-state index in [9.17, 15) is 113 Å². The van der Waals surface area contributed by atoms with Crippen LogP contribution in [0.25, 0.3) is 25.1 Å². The second-order valence-corrected chi connectivity index (χ2v) is 46.9. The summed E-state index contributed by atoms with van der Waals surface area (Å²) in [7, 11) is -20.1. The highest BCUT2D eigenvalue weighted by atomic mass is 32.2. The Morgan fingerprint density at radius 1 is 0.287 bits per heavy atom. The molecule has 2 fully saturated rings. The summed E-state index contributed by atoms with van der Waals surface area (Å²) in [6, 6.07) is 66.0. The van der Waals surface area contributed by atoms with Gasteiger partial charge in [-0.1, -0.05) is 142 Å². The first-order valence-corrected chi connectivity index (χ1v) is 51.6. The minimum absolute atomic E-state index is 0.0396. The maximum absolute atomic E-state index is 14.7. The smallest absolute Gasteiger partial charge is 0.224 e. The summed E-state index contributed by atoms with van der Waals surface area (Å²) in [4.78, 5) is 2.61. The van der Waals surface area contributed by atoms with Crippen LogP contribution in [0.1, 0.15) is 114 Å². The number of alkyl halides is 18. The van der Waals surface area contributed by atoms with Crippen molar-refractivity contribution in [1.82, 2.24) is 0 Å². The van der Waals surface area contributed by atoms with Gasteiger partial charge < -0.3 is 0 Å². The number of aryl methyl sites for hydroxylation is 3. The molecule has 0 bridgehead atoms. The third-order valence-corrected chi connectivity index (χ3v) is 38.0. The molecule has 8 nitrogen and oxygen atoms in total. The number of fused-ring (bicyclic) bond motifs is 3. The van der Waals surface area contributed by atoms with Crippen LogP contribution in [0.4, 0.5) is 79.0 Å². The Hall–Kier alpha value is -9.55. The van der Waals surface area contributed by atoms with Gasteiger partial charge in [0.2, 0.25) is 0 Å². The van der Waals surface area contributed by atoms with E-state index in [0.29, 0.717) is 87.7 Å². The van der Waals surface area contributed by atoms with Crippen LogP contribution in [0.3, 0.4) is 0 Å². The van der Waals surface area contributed by atoms with Crippen LogP contribution in [0.2, 0.25) is 0 Å². The highest BCUT2D eigenvalue weighted by Gasteiger charge is 2.50. The molecule has 0 N–H and O–H groups in total. The van der Waals surface area contributed by atoms with Crippen LogP contribution >= 0.6 is 10.5 Å². The summed E-state index contributed by atoms with van der Waals surface area (Å²) in [5.74, 6) is 0. The predicted molar refractivity (Wildman–Crippen MR) is 468 cm³/mol. The highest BCUT2D eigenvalue weighted by molar-refractivity contribution is 7.98. The molecule has 13 aromatic rings. The summed E-state index contributed by atoms with van der Waals surface area (Å²) >= 11 is 0. The number of thiophene rings is 1. The van der Waals surface area contributed by atoms with Gasteiger partial charge in [-0.2, -0.15) is 79.0 Å². The molecule has 1 aromatic heterocycles. The Balaban J connectivity index is 0.000000158. The van der Waals surface area contributed by atoms with Crippen LogP contribution in [-0.2, 0) is 109 Å². The predicted octanol–water partition coefficient (Wildman–Crippen LogP) is 28.1. The SMILES string of the molecule is Cc1cc(C(F)(F)F)cc(C(F)(F)F)c1[S+](c1ccccc1)c1ccccc1.Cc1cc(S(=O)(=O)C2CCCCC2)ccc1[S+](c1ccccc1)c1ccc(S(=O)(=O)C2CCCCC2)cc1C(F)(F)F.Cc1cc(S(C)(=O)=O)ccc1[S+](c1ccccc1)c1ccc(S(C)(=O)=O)cc1C(F)(F)F.FC(F)(F)c1ccccc1-[s+]1c2ccccc2c2cccc(C(F)(F)F)c21. The minimum atomic E-state index is -4.92. The molecule has 3 atom stereocenters. The molecule has 12 aromatic carbocycles. The molecular weight excluding hydrogens is 1870 g/mol. The Morgan fingerprint density at radius 3 is 1.02 bits per heavy atom. The van der Waals surface area contributed by atoms with E-state index in [-0.39, 0.29) is 50.6 Å². The molecule has 0 aliphatic heterocycles. The second-order valence-electron chi connectivity index (χ2n) is 30.6. The monoisotopic (exact) mass is 1950 g/mol. The second kappa shape index (κ2) is 39.1. The van der Waals surface area contributed by atoms with Gasteiger partial charge in [-0.3, -0.25) is 0 Å². The summed E-state index contributed by atoms with van der Waals surface area (Å²) in [6.45, 7) is 4.67. The van der Waals surface area contributed by atoms with Gasteiger partial charge in [0.05, 0.1) is 35.6 Å². The van der Waals surface area contributed by atoms with Crippen molar-refractivity contribution in [3.05, 3.63) is 323 Å². The highest BCUT2D eigenvalue weighted by Crippen LogP contribution is 2.56. The maximum atomic E-state index is 14.7. The molecule has 3 unspecified atom stereocenters. The molecule has 0 radical (unpaired) electrons. The molecule has 1 heterocycles. The van der Waals surface area contributed by atoms with Gasteiger partial charge in [0.15, 0.2) is 97.7 Å². The van der Waals surface area contributed by atoms with E-state index >= 15 is 0 Å². The number of sulfone groups is 4. The molecule has 2 saturated carbocycles. The van der Waals surface area contributed by atoms with Crippen molar-refractivity contribution in [2.75, 3.05) is 12.5 Å². The first-order valence-electron chi connectivity index (χ1n) is 39.8. The third-order valence-electron chi connectivity index (χ3n) is 21.5. The molecule has 0 saturated heterocycles.